The minimum atomic E-state index is 1.10. The van der Waals surface area contributed by atoms with E-state index in [1.807, 2.05) is 0 Å². The van der Waals surface area contributed by atoms with Crippen LogP contribution in [0.3, 0.4) is 0 Å². The van der Waals surface area contributed by atoms with Crippen LogP contribution in [-0.4, -0.2) is 4.57 Å². The lowest BCUT2D eigenvalue weighted by Crippen LogP contribution is -2.10. The molecule has 0 bridgehead atoms. The fourth-order valence-electron chi connectivity index (χ4n) is 8.72. The SMILES string of the molecule is c1ccc(-n2c3ccccc3c3cc(N(c4ccc(-c5cccc(-c6ccc7ccccc7c6)c5)cc4)c4ccc(-c5cccc6ccccc56)cc4)ccc32)cc1. The predicted molar refractivity (Wildman–Crippen MR) is 247 cm³/mol. The molecule has 0 unspecified atom stereocenters. The van der Waals surface area contributed by atoms with Crippen LogP contribution in [0.2, 0.25) is 0 Å². The van der Waals surface area contributed by atoms with Crippen molar-refractivity contribution in [2.24, 2.45) is 0 Å². The summed E-state index contributed by atoms with van der Waals surface area (Å²) in [4.78, 5) is 2.39. The van der Waals surface area contributed by atoms with Gasteiger partial charge in [0.2, 0.25) is 0 Å². The molecule has 0 aliphatic carbocycles. The van der Waals surface area contributed by atoms with Crippen molar-refractivity contribution in [3.05, 3.63) is 231 Å². The van der Waals surface area contributed by atoms with E-state index in [0.29, 0.717) is 0 Å². The van der Waals surface area contributed by atoms with Crippen molar-refractivity contribution >= 4 is 60.4 Å². The van der Waals surface area contributed by atoms with Crippen molar-refractivity contribution < 1.29 is 0 Å². The summed E-state index contributed by atoms with van der Waals surface area (Å²) in [6, 6.07) is 83.7. The molecule has 0 radical (unpaired) electrons. The van der Waals surface area contributed by atoms with Crippen molar-refractivity contribution in [3.63, 3.8) is 0 Å². The number of hydrogen-bond donors (Lipinski definition) is 0. The summed E-state index contributed by atoms with van der Waals surface area (Å²) in [5, 5.41) is 7.47. The third kappa shape index (κ3) is 5.91. The molecule has 0 aliphatic rings. The first-order chi connectivity index (χ1) is 28.7. The zero-order valence-corrected chi connectivity index (χ0v) is 31.8. The molecule has 272 valence electrons. The first-order valence-corrected chi connectivity index (χ1v) is 19.9. The van der Waals surface area contributed by atoms with Crippen LogP contribution in [0.25, 0.3) is 82.4 Å². The van der Waals surface area contributed by atoms with Crippen LogP contribution in [0, 0.1) is 0 Å². The van der Waals surface area contributed by atoms with Gasteiger partial charge in [0, 0.05) is 33.5 Å². The molecule has 0 saturated carbocycles. The number of para-hydroxylation sites is 2. The molecule has 2 nitrogen and oxygen atoms in total. The van der Waals surface area contributed by atoms with Gasteiger partial charge >= 0.3 is 0 Å². The Morgan fingerprint density at radius 2 is 0.828 bits per heavy atom. The number of anilines is 3. The Balaban J connectivity index is 1.02. The molecule has 58 heavy (non-hydrogen) atoms. The van der Waals surface area contributed by atoms with E-state index in [9.17, 15) is 0 Å². The monoisotopic (exact) mass is 738 g/mol. The second-order valence-corrected chi connectivity index (χ2v) is 15.0. The number of aromatic nitrogens is 1. The Bertz CT molecular complexity index is 3260. The van der Waals surface area contributed by atoms with Gasteiger partial charge in [0.25, 0.3) is 0 Å². The van der Waals surface area contributed by atoms with E-state index in [1.54, 1.807) is 0 Å². The summed E-state index contributed by atoms with van der Waals surface area (Å²) in [6.45, 7) is 0. The number of fused-ring (bicyclic) bond motifs is 5. The molecule has 0 atom stereocenters. The fourth-order valence-corrected chi connectivity index (χ4v) is 8.72. The minimum absolute atomic E-state index is 1.10. The molecule has 1 aromatic heterocycles. The van der Waals surface area contributed by atoms with Crippen LogP contribution in [0.5, 0.6) is 0 Å². The minimum Gasteiger partial charge on any atom is -0.310 e. The number of nitrogens with zero attached hydrogens (tertiary/aromatic N) is 2. The maximum Gasteiger partial charge on any atom is 0.0542 e. The Hall–Kier alpha value is -7.68. The summed E-state index contributed by atoms with van der Waals surface area (Å²) >= 11 is 0. The summed E-state index contributed by atoms with van der Waals surface area (Å²) in [7, 11) is 0. The second-order valence-electron chi connectivity index (χ2n) is 15.0. The third-order valence-corrected chi connectivity index (χ3v) is 11.6. The normalized spacial score (nSPS) is 11.4. The summed E-state index contributed by atoms with van der Waals surface area (Å²) < 4.78 is 2.37. The summed E-state index contributed by atoms with van der Waals surface area (Å²) in [5.74, 6) is 0. The molecule has 11 rings (SSSR count). The molecular weight excluding hydrogens is 701 g/mol. The average Bonchev–Trinajstić information content (AvgIpc) is 3.63. The van der Waals surface area contributed by atoms with E-state index in [4.69, 9.17) is 0 Å². The van der Waals surface area contributed by atoms with Crippen LogP contribution in [0.1, 0.15) is 0 Å². The smallest absolute Gasteiger partial charge is 0.0542 e. The average molecular weight is 739 g/mol. The number of benzene rings is 10. The van der Waals surface area contributed by atoms with Crippen LogP contribution in [-0.2, 0) is 0 Å². The molecule has 0 N–H and O–H groups in total. The van der Waals surface area contributed by atoms with Gasteiger partial charge in [0.15, 0.2) is 0 Å². The maximum atomic E-state index is 2.39. The van der Waals surface area contributed by atoms with Crippen LogP contribution >= 0.6 is 0 Å². The highest BCUT2D eigenvalue weighted by Gasteiger charge is 2.18. The Morgan fingerprint density at radius 1 is 0.276 bits per heavy atom. The van der Waals surface area contributed by atoms with E-state index < -0.39 is 0 Å². The third-order valence-electron chi connectivity index (χ3n) is 11.6. The quantitative estimate of drug-likeness (QED) is 0.158. The van der Waals surface area contributed by atoms with Gasteiger partial charge in [-0.3, -0.25) is 0 Å². The standard InChI is InChI=1S/C56H38N2/c1-2-18-47(19-3-1)58-55-23-9-8-21-53(55)54-38-50(34-35-56(54)58)57(49-32-28-42(29-33-49)52-22-11-15-41-13-6-7-20-51(41)52)48-30-26-40(27-31-48)44-16-10-17-45(36-44)46-25-24-39-12-4-5-14-43(39)37-46/h1-38H. The van der Waals surface area contributed by atoms with Crippen LogP contribution < -0.4 is 4.90 Å². The van der Waals surface area contributed by atoms with Gasteiger partial charge in [0.05, 0.1) is 11.0 Å². The van der Waals surface area contributed by atoms with Gasteiger partial charge in [-0.05, 0) is 128 Å². The summed E-state index contributed by atoms with van der Waals surface area (Å²) in [5.41, 5.74) is 14.1. The van der Waals surface area contributed by atoms with E-state index in [2.05, 4.69) is 240 Å². The van der Waals surface area contributed by atoms with E-state index in [1.165, 1.54) is 76.7 Å². The topological polar surface area (TPSA) is 8.17 Å². The summed E-state index contributed by atoms with van der Waals surface area (Å²) in [6.07, 6.45) is 0. The predicted octanol–water partition coefficient (Wildman–Crippen LogP) is 15.6. The molecule has 10 aromatic carbocycles. The first kappa shape index (κ1) is 33.6. The molecule has 0 saturated heterocycles. The Morgan fingerprint density at radius 3 is 1.62 bits per heavy atom. The number of hydrogen-bond acceptors (Lipinski definition) is 1. The van der Waals surface area contributed by atoms with Gasteiger partial charge in [0.1, 0.15) is 0 Å². The lowest BCUT2D eigenvalue weighted by Gasteiger charge is -2.26. The van der Waals surface area contributed by atoms with E-state index in [0.717, 1.165) is 22.7 Å². The van der Waals surface area contributed by atoms with Crippen molar-refractivity contribution in [1.82, 2.24) is 4.57 Å². The maximum absolute atomic E-state index is 2.39. The Kier molecular flexibility index (Phi) is 8.19. The molecule has 1 heterocycles. The number of rotatable bonds is 7. The lowest BCUT2D eigenvalue weighted by molar-refractivity contribution is 1.18. The largest absolute Gasteiger partial charge is 0.310 e. The van der Waals surface area contributed by atoms with Gasteiger partial charge in [-0.2, -0.15) is 0 Å². The molecule has 0 spiro atoms. The Labute approximate surface area is 338 Å². The van der Waals surface area contributed by atoms with E-state index in [-0.39, 0.29) is 0 Å². The van der Waals surface area contributed by atoms with Crippen LogP contribution in [0.4, 0.5) is 17.1 Å². The van der Waals surface area contributed by atoms with Crippen molar-refractivity contribution in [1.29, 1.82) is 0 Å². The molecular formula is C56H38N2. The molecule has 0 amide bonds. The molecule has 2 heteroatoms. The van der Waals surface area contributed by atoms with Gasteiger partial charge in [-0.15, -0.1) is 0 Å². The van der Waals surface area contributed by atoms with Crippen molar-refractivity contribution in [3.8, 4) is 39.1 Å². The van der Waals surface area contributed by atoms with Gasteiger partial charge in [-0.25, -0.2) is 0 Å². The van der Waals surface area contributed by atoms with Crippen LogP contribution in [0.15, 0.2) is 231 Å². The van der Waals surface area contributed by atoms with Crippen molar-refractivity contribution in [2.75, 3.05) is 4.90 Å². The lowest BCUT2D eigenvalue weighted by atomic mass is 9.97. The highest BCUT2D eigenvalue weighted by atomic mass is 15.1. The van der Waals surface area contributed by atoms with Gasteiger partial charge in [-0.1, -0.05) is 158 Å². The fraction of sp³-hybridized carbons (Fsp3) is 0. The first-order valence-electron chi connectivity index (χ1n) is 19.9. The second kappa shape index (κ2) is 14.1. The highest BCUT2D eigenvalue weighted by Crippen LogP contribution is 2.41. The van der Waals surface area contributed by atoms with E-state index >= 15 is 0 Å². The highest BCUT2D eigenvalue weighted by molar-refractivity contribution is 6.10. The molecule has 0 fully saturated rings. The van der Waals surface area contributed by atoms with Crippen molar-refractivity contribution in [2.45, 2.75) is 0 Å². The van der Waals surface area contributed by atoms with Gasteiger partial charge < -0.3 is 9.47 Å². The zero-order valence-electron chi connectivity index (χ0n) is 31.8. The zero-order chi connectivity index (χ0) is 38.4. The molecule has 11 aromatic rings. The molecule has 0 aliphatic heterocycles.